The number of carbonyl (C=O) groups excluding carboxylic acids is 1. The molecular weight excluding hydrogens is 280 g/mol. The van der Waals surface area contributed by atoms with Gasteiger partial charge in [0.15, 0.2) is 0 Å². The maximum absolute atomic E-state index is 11.7. The molecule has 4 N–H and O–H groups in total. The van der Waals surface area contributed by atoms with Crippen LogP contribution in [-0.4, -0.2) is 15.9 Å². The van der Waals surface area contributed by atoms with E-state index in [1.54, 1.807) is 6.92 Å². The van der Waals surface area contributed by atoms with E-state index in [0.29, 0.717) is 17.8 Å². The summed E-state index contributed by atoms with van der Waals surface area (Å²) in [6.07, 6.45) is 0.192. The Morgan fingerprint density at radius 1 is 1.27 bits per heavy atom. The molecule has 0 bridgehead atoms. The van der Waals surface area contributed by atoms with Crippen molar-refractivity contribution in [3.05, 3.63) is 46.8 Å². The zero-order valence-electron chi connectivity index (χ0n) is 13.0. The molecule has 2 rings (SSSR count). The summed E-state index contributed by atoms with van der Waals surface area (Å²) in [5, 5.41) is 0. The number of aryl methyl sites for hydroxylation is 2. The minimum atomic E-state index is -0.584. The molecule has 116 valence electrons. The van der Waals surface area contributed by atoms with Crippen LogP contribution in [0.4, 0.5) is 5.95 Å². The molecule has 1 unspecified atom stereocenters. The first-order chi connectivity index (χ1) is 10.4. The van der Waals surface area contributed by atoms with Gasteiger partial charge in [0.25, 0.3) is 5.91 Å². The van der Waals surface area contributed by atoms with Crippen molar-refractivity contribution < 1.29 is 9.53 Å². The lowest BCUT2D eigenvalue weighted by molar-refractivity contribution is 0.0992. The second-order valence-corrected chi connectivity index (χ2v) is 5.07. The number of rotatable bonds is 5. The number of carbonyl (C=O) groups is 1. The Morgan fingerprint density at radius 3 is 2.55 bits per heavy atom. The van der Waals surface area contributed by atoms with Gasteiger partial charge in [-0.25, -0.2) is 9.97 Å². The highest BCUT2D eigenvalue weighted by Gasteiger charge is 2.24. The van der Waals surface area contributed by atoms with Crippen molar-refractivity contribution in [2.75, 3.05) is 5.73 Å². The topological polar surface area (TPSA) is 104 Å². The van der Waals surface area contributed by atoms with Crippen LogP contribution in [0.25, 0.3) is 0 Å². The van der Waals surface area contributed by atoms with Crippen molar-refractivity contribution in [1.29, 1.82) is 0 Å². The molecule has 0 spiro atoms. The summed E-state index contributed by atoms with van der Waals surface area (Å²) in [6, 6.07) is 7.66. The van der Waals surface area contributed by atoms with E-state index in [-0.39, 0.29) is 11.5 Å². The Labute approximate surface area is 129 Å². The molecule has 0 radical (unpaired) electrons. The van der Waals surface area contributed by atoms with E-state index in [4.69, 9.17) is 16.2 Å². The van der Waals surface area contributed by atoms with Crippen molar-refractivity contribution in [1.82, 2.24) is 9.97 Å². The Morgan fingerprint density at radius 2 is 1.95 bits per heavy atom. The van der Waals surface area contributed by atoms with E-state index in [0.717, 1.165) is 11.3 Å². The number of para-hydroxylation sites is 1. The van der Waals surface area contributed by atoms with E-state index in [2.05, 4.69) is 9.97 Å². The number of anilines is 1. The molecule has 2 aromatic rings. The fraction of sp³-hybridized carbons (Fsp3) is 0.312. The van der Waals surface area contributed by atoms with Gasteiger partial charge >= 0.3 is 0 Å². The first-order valence-electron chi connectivity index (χ1n) is 7.10. The molecule has 1 amide bonds. The van der Waals surface area contributed by atoms with Crippen molar-refractivity contribution in [3.8, 4) is 5.75 Å². The minimum absolute atomic E-state index is 0.101. The molecular formula is C16H20N4O2. The molecule has 0 aliphatic rings. The summed E-state index contributed by atoms with van der Waals surface area (Å²) in [6.45, 7) is 5.58. The first kappa shape index (κ1) is 15.8. The number of nitrogens with two attached hydrogens (primary N) is 2. The van der Waals surface area contributed by atoms with Crippen molar-refractivity contribution in [3.63, 3.8) is 0 Å². The van der Waals surface area contributed by atoms with Gasteiger partial charge in [-0.1, -0.05) is 25.1 Å². The number of nitrogen functional groups attached to an aromatic ring is 1. The van der Waals surface area contributed by atoms with Crippen molar-refractivity contribution >= 4 is 11.9 Å². The number of benzene rings is 1. The average molecular weight is 300 g/mol. The lowest BCUT2D eigenvalue weighted by Gasteiger charge is -2.21. The molecule has 22 heavy (non-hydrogen) atoms. The number of ether oxygens (including phenoxy) is 1. The molecule has 1 heterocycles. The number of hydrogen-bond donors (Lipinski definition) is 2. The highest BCUT2D eigenvalue weighted by molar-refractivity contribution is 5.95. The maximum atomic E-state index is 11.7. The molecule has 0 aliphatic carbocycles. The molecule has 1 aromatic carbocycles. The van der Waals surface area contributed by atoms with Crippen LogP contribution in [0.5, 0.6) is 5.75 Å². The highest BCUT2D eigenvalue weighted by atomic mass is 16.5. The third-order valence-corrected chi connectivity index (χ3v) is 3.42. The molecule has 1 aromatic heterocycles. The third-order valence-electron chi connectivity index (χ3n) is 3.42. The fourth-order valence-electron chi connectivity index (χ4n) is 2.33. The Kier molecular flexibility index (Phi) is 4.60. The number of nitrogens with zero attached hydrogens (tertiary/aromatic N) is 2. The fourth-order valence-corrected chi connectivity index (χ4v) is 2.33. The largest absolute Gasteiger partial charge is 0.484 e. The SMILES string of the molecule is CCC(Oc1ccccc1C)c1nc(N)nc(C)c1C(N)=O. The third kappa shape index (κ3) is 3.16. The number of primary amides is 1. The van der Waals surface area contributed by atoms with E-state index >= 15 is 0 Å². The molecule has 0 saturated carbocycles. The second-order valence-electron chi connectivity index (χ2n) is 5.07. The van der Waals surface area contributed by atoms with Crippen LogP contribution in [0.2, 0.25) is 0 Å². The summed E-state index contributed by atoms with van der Waals surface area (Å²) < 4.78 is 6.03. The van der Waals surface area contributed by atoms with Gasteiger partial charge in [0.2, 0.25) is 5.95 Å². The van der Waals surface area contributed by atoms with Crippen LogP contribution in [0, 0.1) is 13.8 Å². The van der Waals surface area contributed by atoms with Gasteiger partial charge in [0.05, 0.1) is 17.0 Å². The van der Waals surface area contributed by atoms with Crippen molar-refractivity contribution in [2.24, 2.45) is 5.73 Å². The van der Waals surface area contributed by atoms with Gasteiger partial charge in [0.1, 0.15) is 11.9 Å². The van der Waals surface area contributed by atoms with Crippen LogP contribution in [-0.2, 0) is 0 Å². The standard InChI is InChI=1S/C16H20N4O2/c1-4-11(22-12-8-6-5-7-9(12)2)14-13(15(17)21)10(3)19-16(18)20-14/h5-8,11H,4H2,1-3H3,(H2,17,21)(H2,18,19,20). The van der Waals surface area contributed by atoms with Crippen LogP contribution in [0.15, 0.2) is 24.3 Å². The average Bonchev–Trinajstić information content (AvgIpc) is 2.45. The molecule has 0 fully saturated rings. The smallest absolute Gasteiger partial charge is 0.252 e. The number of hydrogen-bond acceptors (Lipinski definition) is 5. The predicted molar refractivity (Wildman–Crippen MR) is 84.5 cm³/mol. The van der Waals surface area contributed by atoms with Crippen LogP contribution < -0.4 is 16.2 Å². The van der Waals surface area contributed by atoms with Gasteiger partial charge in [-0.15, -0.1) is 0 Å². The van der Waals surface area contributed by atoms with E-state index in [1.165, 1.54) is 0 Å². The zero-order chi connectivity index (χ0) is 16.3. The van der Waals surface area contributed by atoms with Crippen LogP contribution in [0.3, 0.4) is 0 Å². The molecule has 0 aliphatic heterocycles. The summed E-state index contributed by atoms with van der Waals surface area (Å²) in [4.78, 5) is 19.9. The van der Waals surface area contributed by atoms with Gasteiger partial charge in [-0.05, 0) is 31.9 Å². The molecule has 6 nitrogen and oxygen atoms in total. The summed E-state index contributed by atoms with van der Waals surface area (Å²) in [5.74, 6) is 0.253. The van der Waals surface area contributed by atoms with Gasteiger partial charge in [-0.2, -0.15) is 0 Å². The first-order valence-corrected chi connectivity index (χ1v) is 7.10. The van der Waals surface area contributed by atoms with Crippen molar-refractivity contribution in [2.45, 2.75) is 33.3 Å². The Bertz CT molecular complexity index is 701. The lowest BCUT2D eigenvalue weighted by Crippen LogP contribution is -2.22. The number of aromatic nitrogens is 2. The monoisotopic (exact) mass is 300 g/mol. The van der Waals surface area contributed by atoms with Crippen LogP contribution in [0.1, 0.15) is 46.8 Å². The molecule has 1 atom stereocenters. The van der Waals surface area contributed by atoms with Gasteiger partial charge in [0, 0.05) is 0 Å². The summed E-state index contributed by atoms with van der Waals surface area (Å²) in [7, 11) is 0. The predicted octanol–water partition coefficient (Wildman–Crippen LogP) is 2.30. The van der Waals surface area contributed by atoms with Crippen LogP contribution >= 0.6 is 0 Å². The zero-order valence-corrected chi connectivity index (χ0v) is 13.0. The van der Waals surface area contributed by atoms with E-state index in [9.17, 15) is 4.79 Å². The second kappa shape index (κ2) is 6.43. The van der Waals surface area contributed by atoms with Gasteiger partial charge < -0.3 is 16.2 Å². The number of amides is 1. The summed E-state index contributed by atoms with van der Waals surface area (Å²) in [5.41, 5.74) is 13.3. The quantitative estimate of drug-likeness (QED) is 0.881. The van der Waals surface area contributed by atoms with E-state index in [1.807, 2.05) is 38.1 Å². The Balaban J connectivity index is 2.48. The maximum Gasteiger partial charge on any atom is 0.252 e. The lowest BCUT2D eigenvalue weighted by atomic mass is 10.0. The van der Waals surface area contributed by atoms with E-state index < -0.39 is 12.0 Å². The molecule has 6 heteroatoms. The normalized spacial score (nSPS) is 12.0. The van der Waals surface area contributed by atoms with Gasteiger partial charge in [-0.3, -0.25) is 4.79 Å². The highest BCUT2D eigenvalue weighted by Crippen LogP contribution is 2.29. The minimum Gasteiger partial charge on any atom is -0.484 e. The molecule has 0 saturated heterocycles. The Hall–Kier alpha value is -2.63. The summed E-state index contributed by atoms with van der Waals surface area (Å²) >= 11 is 0.